The lowest BCUT2D eigenvalue weighted by Gasteiger charge is -2.12. The molecule has 0 unspecified atom stereocenters. The molecule has 1 fully saturated rings. The molecule has 18 N–H and O–H groups in total. The van der Waals surface area contributed by atoms with Crippen LogP contribution in [0.3, 0.4) is 0 Å². The van der Waals surface area contributed by atoms with Crippen LogP contribution < -0.4 is 54.7 Å². The molecule has 0 bridgehead atoms. The van der Waals surface area contributed by atoms with E-state index in [0.717, 1.165) is 49.6 Å². The largest absolute Gasteiger partial charge is 0.506 e. The van der Waals surface area contributed by atoms with Crippen molar-refractivity contribution in [1.29, 1.82) is 0 Å². The third-order valence-electron chi connectivity index (χ3n) is 14.5. The molecule has 21 heteroatoms. The van der Waals surface area contributed by atoms with E-state index in [-0.39, 0.29) is 70.3 Å². The average molecular weight is 1140 g/mol. The first-order chi connectivity index (χ1) is 40.1. The number of nitrogens with two attached hydrogens (primary N) is 5. The number of phenols is 1. The van der Waals surface area contributed by atoms with Crippen molar-refractivity contribution in [2.45, 2.75) is 50.2 Å². The van der Waals surface area contributed by atoms with Crippen molar-refractivity contribution in [3.05, 3.63) is 168 Å². The predicted molar refractivity (Wildman–Crippen MR) is 318 cm³/mol. The summed E-state index contributed by atoms with van der Waals surface area (Å²) in [5, 5.41) is 24.2. The third kappa shape index (κ3) is 14.7. The van der Waals surface area contributed by atoms with Crippen LogP contribution in [0.4, 0.5) is 17.6 Å². The smallest absolute Gasteiger partial charge is 0.268 e. The number of rotatable bonds is 20. The number of methoxy groups -OCH3 is 1. The molecule has 3 aromatic heterocycles. The molecule has 1 aliphatic heterocycles. The van der Waals surface area contributed by atoms with Crippen LogP contribution in [-0.2, 0) is 0 Å². The first-order valence-corrected chi connectivity index (χ1v) is 27.4. The number of nitrogens with one attached hydrogen (secondary N) is 7. The Hall–Kier alpha value is -8.57. The molecule has 0 radical (unpaired) electrons. The van der Waals surface area contributed by atoms with Gasteiger partial charge in [-0.2, -0.15) is 0 Å². The first-order valence-electron chi connectivity index (χ1n) is 27.4. The number of hydrogen-bond donors (Lipinski definition) is 13. The lowest BCUT2D eigenvalue weighted by atomic mass is 10.0. The monoisotopic (exact) mass is 1140 g/mol. The molecule has 3 amide bonds. The molecule has 1 aliphatic rings. The van der Waals surface area contributed by atoms with Gasteiger partial charge < -0.3 is 74.7 Å². The second-order valence-electron chi connectivity index (χ2n) is 20.3. The Bertz CT molecular complexity index is 3640. The zero-order valence-corrected chi connectivity index (χ0v) is 45.9. The molecule has 10 rings (SSSR count). The Morgan fingerprint density at radius 2 is 1.00 bits per heavy atom. The van der Waals surface area contributed by atoms with Crippen LogP contribution in [0.15, 0.2) is 127 Å². The number of benzene rings is 6. The zero-order chi connectivity index (χ0) is 59.2. The molecule has 4 heterocycles. The van der Waals surface area contributed by atoms with Crippen molar-refractivity contribution in [3.8, 4) is 44.9 Å². The number of halogens is 4. The molecule has 83 heavy (non-hydrogen) atoms. The van der Waals surface area contributed by atoms with Gasteiger partial charge in [-0.1, -0.05) is 72.8 Å². The summed E-state index contributed by atoms with van der Waals surface area (Å²) in [6.07, 6.45) is 3.96. The van der Waals surface area contributed by atoms with Gasteiger partial charge in [-0.05, 0) is 135 Å². The van der Waals surface area contributed by atoms with E-state index in [1.54, 1.807) is 67.8 Å². The second kappa shape index (κ2) is 28.4. The number of aromatic amines is 3. The summed E-state index contributed by atoms with van der Waals surface area (Å²) in [5.41, 5.74) is 35.0. The maximum absolute atomic E-state index is 14.3. The van der Waals surface area contributed by atoms with E-state index < -0.39 is 5.82 Å². The van der Waals surface area contributed by atoms with Crippen LogP contribution >= 0.6 is 0 Å². The number of aromatic hydroxyl groups is 1. The van der Waals surface area contributed by atoms with Gasteiger partial charge in [0.1, 0.15) is 51.8 Å². The number of amides is 3. The fraction of sp³-hybridized carbons (Fsp3) is 0.274. The fourth-order valence-electron chi connectivity index (χ4n) is 10.1. The highest BCUT2D eigenvalue weighted by atomic mass is 19.1. The van der Waals surface area contributed by atoms with Crippen molar-refractivity contribution in [2.24, 2.45) is 34.6 Å². The average Bonchev–Trinajstić information content (AvgIpc) is 2.44. The molecule has 4 atom stereocenters. The minimum atomic E-state index is -0.442. The van der Waals surface area contributed by atoms with Crippen molar-refractivity contribution in [1.82, 2.24) is 36.2 Å². The number of aromatic nitrogens is 3. The quantitative estimate of drug-likeness (QED) is 0.0324. The SMILES string of the molecule is COc1cccc2c(-c3ccc(F)cc3)c(C(=O)NC[C@@H](N)CCCN)[nH]c12.NCCC[C@H](N)CNC(=O)c1[nH]c2c(O)cccc2c1-c1ccc(F)cc1.NC[C@@H]1CN[C@H](CNC(=O)c2[nH]c3c(F)cccc3c2-c2ccc(F)cc2)C1. The summed E-state index contributed by atoms with van der Waals surface area (Å²) >= 11 is 0. The molecule has 436 valence electrons. The van der Waals surface area contributed by atoms with Crippen molar-refractivity contribution in [3.63, 3.8) is 0 Å². The molecular formula is C62H70F4N12O5. The molecular weight excluding hydrogens is 1070 g/mol. The number of H-pyrrole nitrogens is 3. The van der Waals surface area contributed by atoms with Gasteiger partial charge in [0.15, 0.2) is 0 Å². The van der Waals surface area contributed by atoms with Crippen LogP contribution in [-0.4, -0.2) is 109 Å². The van der Waals surface area contributed by atoms with E-state index in [2.05, 4.69) is 36.2 Å². The molecule has 0 spiro atoms. The Morgan fingerprint density at radius 1 is 0.578 bits per heavy atom. The standard InChI is InChI=1S/C21H22F2N4O.C21H25FN4O2.C20H23FN4O2/c22-14-6-4-13(5-7-14)18-16-2-1-3-17(23)19(16)27-20(18)21(28)26-11-15-8-12(9-24)10-25-15;1-28-17-6-2-5-16-18(13-7-9-14(22)10-8-13)20(26-19(16)17)21(27)25-12-15(24)4-3-11-23;21-13-8-6-12(7-9-13)17-15-4-1-5-16(26)18(15)25-19(17)20(27)24-11-14(23)3-2-10-22/h1-7,12,15,25,27H,8-11,24H2,(H,26,28);2,5-10,15,26H,3-4,11-12,23-24H2,1H3,(H,25,27);1,4-9,14,25-26H,2-3,10-11,22-23H2,(H,24,27)/t12-,15+;15-;14-/m100/s1. The highest BCUT2D eigenvalue weighted by Gasteiger charge is 2.27. The van der Waals surface area contributed by atoms with E-state index >= 15 is 0 Å². The maximum atomic E-state index is 14.3. The number of hydrogen-bond acceptors (Lipinski definition) is 11. The van der Waals surface area contributed by atoms with Crippen molar-refractivity contribution >= 4 is 50.4 Å². The van der Waals surface area contributed by atoms with Crippen LogP contribution in [0, 0.1) is 29.2 Å². The molecule has 0 saturated carbocycles. The Balaban J connectivity index is 0.000000163. The molecule has 17 nitrogen and oxygen atoms in total. The lowest BCUT2D eigenvalue weighted by Crippen LogP contribution is -2.37. The summed E-state index contributed by atoms with van der Waals surface area (Å²) in [7, 11) is 1.57. The number of ether oxygens (including phenoxy) is 1. The molecule has 0 aliphatic carbocycles. The highest BCUT2D eigenvalue weighted by molar-refractivity contribution is 6.13. The van der Waals surface area contributed by atoms with Gasteiger partial charge in [0.25, 0.3) is 17.7 Å². The van der Waals surface area contributed by atoms with E-state index in [1.807, 2.05) is 18.2 Å². The van der Waals surface area contributed by atoms with Crippen LogP contribution in [0.1, 0.15) is 63.6 Å². The summed E-state index contributed by atoms with van der Waals surface area (Å²) in [6.45, 7) is 3.69. The summed E-state index contributed by atoms with van der Waals surface area (Å²) in [4.78, 5) is 47.7. The van der Waals surface area contributed by atoms with E-state index in [0.29, 0.717) is 112 Å². The molecule has 1 saturated heterocycles. The van der Waals surface area contributed by atoms with Gasteiger partial charge in [-0.3, -0.25) is 14.4 Å². The highest BCUT2D eigenvalue weighted by Crippen LogP contribution is 2.39. The van der Waals surface area contributed by atoms with Gasteiger partial charge in [-0.25, -0.2) is 17.6 Å². The Kier molecular flexibility index (Phi) is 20.7. The van der Waals surface area contributed by atoms with E-state index in [4.69, 9.17) is 33.4 Å². The lowest BCUT2D eigenvalue weighted by molar-refractivity contribution is 0.0939. The number of carbonyl (C=O) groups excluding carboxylic acids is 3. The summed E-state index contributed by atoms with van der Waals surface area (Å²) < 4.78 is 59.8. The second-order valence-corrected chi connectivity index (χ2v) is 20.3. The van der Waals surface area contributed by atoms with Crippen LogP contribution in [0.5, 0.6) is 11.5 Å². The normalized spacial score (nSPS) is 14.6. The van der Waals surface area contributed by atoms with Crippen LogP contribution in [0.2, 0.25) is 0 Å². The predicted octanol–water partition coefficient (Wildman–Crippen LogP) is 8.03. The number of para-hydroxylation sites is 3. The zero-order valence-electron chi connectivity index (χ0n) is 45.9. The van der Waals surface area contributed by atoms with E-state index in [9.17, 15) is 37.1 Å². The summed E-state index contributed by atoms with van der Waals surface area (Å²) in [6, 6.07) is 32.8. The van der Waals surface area contributed by atoms with E-state index in [1.165, 1.54) is 48.5 Å². The first kappa shape index (κ1) is 60.5. The summed E-state index contributed by atoms with van der Waals surface area (Å²) in [5.74, 6) is -1.38. The minimum absolute atomic E-state index is 0.0366. The number of phenolic OH excluding ortho intramolecular Hbond substituents is 1. The molecule has 6 aromatic carbocycles. The van der Waals surface area contributed by atoms with Gasteiger partial charge in [0, 0.05) is 70.6 Å². The number of carbonyl (C=O) groups is 3. The Labute approximate surface area is 477 Å². The van der Waals surface area contributed by atoms with Crippen molar-refractivity contribution in [2.75, 3.05) is 52.9 Å². The maximum Gasteiger partial charge on any atom is 0.268 e. The third-order valence-corrected chi connectivity index (χ3v) is 14.5. The van der Waals surface area contributed by atoms with Gasteiger partial charge in [-0.15, -0.1) is 0 Å². The molecule has 9 aromatic rings. The number of fused-ring (bicyclic) bond motifs is 3. The van der Waals surface area contributed by atoms with Crippen LogP contribution in [0.25, 0.3) is 66.1 Å². The topological polar surface area (TPSA) is 306 Å². The van der Waals surface area contributed by atoms with Gasteiger partial charge in [0.2, 0.25) is 0 Å². The Morgan fingerprint density at radius 3 is 1.46 bits per heavy atom. The minimum Gasteiger partial charge on any atom is -0.506 e. The van der Waals surface area contributed by atoms with Gasteiger partial charge in [0.05, 0.1) is 23.7 Å². The van der Waals surface area contributed by atoms with Crippen molar-refractivity contribution < 1.29 is 41.8 Å². The van der Waals surface area contributed by atoms with Gasteiger partial charge >= 0.3 is 0 Å². The fourth-order valence-corrected chi connectivity index (χ4v) is 10.1.